The molecular formula is C18H26BrIO. The molecule has 0 unspecified atom stereocenters. The van der Waals surface area contributed by atoms with Crippen molar-refractivity contribution in [3.63, 3.8) is 0 Å². The minimum atomic E-state index is 0.0809. The van der Waals surface area contributed by atoms with Crippen molar-refractivity contribution in [2.75, 3.05) is 4.43 Å². The van der Waals surface area contributed by atoms with Crippen LogP contribution < -0.4 is 0 Å². The smallest absolute Gasteiger partial charge is 0.0776 e. The largest absolute Gasteiger partial charge is 0.369 e. The van der Waals surface area contributed by atoms with Crippen molar-refractivity contribution in [2.45, 2.75) is 58.7 Å². The highest BCUT2D eigenvalue weighted by Crippen LogP contribution is 2.44. The highest BCUT2D eigenvalue weighted by Gasteiger charge is 2.38. The molecule has 21 heavy (non-hydrogen) atoms. The van der Waals surface area contributed by atoms with Gasteiger partial charge in [0.05, 0.1) is 12.2 Å². The van der Waals surface area contributed by atoms with Crippen LogP contribution in [-0.2, 0) is 11.3 Å². The normalized spacial score (nSPS) is 26.8. The first-order valence-electron chi connectivity index (χ1n) is 7.80. The Morgan fingerprint density at radius 2 is 1.86 bits per heavy atom. The van der Waals surface area contributed by atoms with Crippen LogP contribution >= 0.6 is 38.5 Å². The van der Waals surface area contributed by atoms with Crippen LogP contribution in [0.2, 0.25) is 0 Å². The molecule has 2 rings (SSSR count). The first kappa shape index (κ1) is 17.7. The van der Waals surface area contributed by atoms with Crippen molar-refractivity contribution in [1.82, 2.24) is 0 Å². The highest BCUT2D eigenvalue weighted by atomic mass is 127. The molecule has 0 spiro atoms. The van der Waals surface area contributed by atoms with Crippen molar-refractivity contribution in [2.24, 2.45) is 11.3 Å². The summed E-state index contributed by atoms with van der Waals surface area (Å²) in [4.78, 5) is 0. The van der Waals surface area contributed by atoms with Crippen molar-refractivity contribution < 1.29 is 4.74 Å². The lowest BCUT2D eigenvalue weighted by Gasteiger charge is -2.43. The van der Waals surface area contributed by atoms with E-state index >= 15 is 0 Å². The van der Waals surface area contributed by atoms with Gasteiger partial charge in [-0.3, -0.25) is 0 Å². The number of rotatable bonds is 4. The molecule has 1 aliphatic carbocycles. The van der Waals surface area contributed by atoms with Crippen LogP contribution in [0.1, 0.15) is 52.0 Å². The third-order valence-corrected chi connectivity index (χ3v) is 7.02. The van der Waals surface area contributed by atoms with Crippen molar-refractivity contribution >= 4 is 38.5 Å². The summed E-state index contributed by atoms with van der Waals surface area (Å²) in [5.74, 6) is 0.834. The Balaban J connectivity index is 1.96. The van der Waals surface area contributed by atoms with Gasteiger partial charge >= 0.3 is 0 Å². The monoisotopic (exact) mass is 464 g/mol. The Kier molecular flexibility index (Phi) is 6.17. The fourth-order valence-corrected chi connectivity index (χ4v) is 4.55. The van der Waals surface area contributed by atoms with Gasteiger partial charge in [0.15, 0.2) is 0 Å². The summed E-state index contributed by atoms with van der Waals surface area (Å²) in [7, 11) is 0. The summed E-state index contributed by atoms with van der Waals surface area (Å²) in [5, 5.41) is 0. The van der Waals surface area contributed by atoms with Gasteiger partial charge in [-0.2, -0.15) is 0 Å². The second-order valence-corrected chi connectivity index (χ2v) is 8.95. The van der Waals surface area contributed by atoms with Gasteiger partial charge in [-0.1, -0.05) is 77.5 Å². The molecule has 1 aromatic rings. The zero-order chi connectivity index (χ0) is 15.5. The van der Waals surface area contributed by atoms with Crippen LogP contribution in [-0.4, -0.2) is 10.0 Å². The van der Waals surface area contributed by atoms with E-state index in [0.29, 0.717) is 12.0 Å². The highest BCUT2D eigenvalue weighted by molar-refractivity contribution is 14.1. The lowest BCUT2D eigenvalue weighted by atomic mass is 9.69. The van der Waals surface area contributed by atoms with Crippen molar-refractivity contribution in [3.8, 4) is 0 Å². The number of alkyl halides is 1. The Bertz CT molecular complexity index is 459. The number of ether oxygens (including phenoxy) is 1. The number of hydrogen-bond donors (Lipinski definition) is 0. The molecule has 0 radical (unpaired) electrons. The van der Waals surface area contributed by atoms with Gasteiger partial charge in [0.1, 0.15) is 0 Å². The summed E-state index contributed by atoms with van der Waals surface area (Å²) in [6, 6.07) is 8.37. The Hall–Kier alpha value is 0.390. The maximum Gasteiger partial charge on any atom is 0.0776 e. The summed E-state index contributed by atoms with van der Waals surface area (Å²) < 4.78 is 8.65. The fraction of sp³-hybridized carbons (Fsp3) is 0.667. The predicted octanol–water partition coefficient (Wildman–Crippen LogP) is 6.38. The van der Waals surface area contributed by atoms with Crippen LogP contribution in [0.15, 0.2) is 28.7 Å². The molecule has 1 aliphatic rings. The number of hydrogen-bond acceptors (Lipinski definition) is 1. The van der Waals surface area contributed by atoms with Gasteiger partial charge in [-0.25, -0.2) is 0 Å². The van der Waals surface area contributed by atoms with Crippen LogP contribution in [0, 0.1) is 11.3 Å². The first-order valence-corrected chi connectivity index (χ1v) is 10.1. The van der Waals surface area contributed by atoms with Crippen molar-refractivity contribution in [1.29, 1.82) is 0 Å². The molecule has 1 fully saturated rings. The average Bonchev–Trinajstić information content (AvgIpc) is 2.46. The van der Waals surface area contributed by atoms with Gasteiger partial charge in [0, 0.05) is 8.90 Å². The molecule has 1 saturated carbocycles. The molecule has 0 amide bonds. The second kappa shape index (κ2) is 7.31. The zero-order valence-corrected chi connectivity index (χ0v) is 17.0. The van der Waals surface area contributed by atoms with E-state index in [9.17, 15) is 0 Å². The van der Waals surface area contributed by atoms with Gasteiger partial charge in [0.25, 0.3) is 0 Å². The SMILES string of the molecule is CC(C)(C)C1CCC(CI)(OCc2ccccc2Br)CC1. The molecule has 0 atom stereocenters. The van der Waals surface area contributed by atoms with Crippen LogP contribution in [0.5, 0.6) is 0 Å². The third-order valence-electron chi connectivity index (χ3n) is 4.86. The van der Waals surface area contributed by atoms with E-state index in [0.717, 1.165) is 14.8 Å². The lowest BCUT2D eigenvalue weighted by molar-refractivity contribution is -0.0773. The van der Waals surface area contributed by atoms with Crippen LogP contribution in [0.4, 0.5) is 0 Å². The van der Waals surface area contributed by atoms with Gasteiger partial charge in [0.2, 0.25) is 0 Å². The standard InChI is InChI=1S/C18H26BrIO/c1-17(2,3)15-8-10-18(13-20,11-9-15)21-12-14-6-4-5-7-16(14)19/h4-7,15H,8-13H2,1-3H3. The average molecular weight is 465 g/mol. The molecule has 0 aromatic heterocycles. The van der Waals surface area contributed by atoms with E-state index in [4.69, 9.17) is 4.74 Å². The Morgan fingerprint density at radius 1 is 1.24 bits per heavy atom. The molecule has 0 heterocycles. The predicted molar refractivity (Wildman–Crippen MR) is 102 cm³/mol. The summed E-state index contributed by atoms with van der Waals surface area (Å²) in [6.07, 6.45) is 4.98. The quantitative estimate of drug-likeness (QED) is 0.371. The molecule has 1 aromatic carbocycles. The minimum absolute atomic E-state index is 0.0809. The lowest BCUT2D eigenvalue weighted by Crippen LogP contribution is -2.41. The molecule has 118 valence electrons. The van der Waals surface area contributed by atoms with Crippen molar-refractivity contribution in [3.05, 3.63) is 34.3 Å². The summed E-state index contributed by atoms with van der Waals surface area (Å²) in [5.41, 5.74) is 1.76. The Morgan fingerprint density at radius 3 is 2.38 bits per heavy atom. The van der Waals surface area contributed by atoms with E-state index < -0.39 is 0 Å². The van der Waals surface area contributed by atoms with E-state index in [2.05, 4.69) is 83.6 Å². The fourth-order valence-electron chi connectivity index (χ4n) is 3.17. The number of benzene rings is 1. The van der Waals surface area contributed by atoms with Gasteiger partial charge in [-0.15, -0.1) is 0 Å². The zero-order valence-electron chi connectivity index (χ0n) is 13.3. The Labute approximate surface area is 151 Å². The van der Waals surface area contributed by atoms with Gasteiger partial charge in [-0.05, 0) is 48.6 Å². The van der Waals surface area contributed by atoms with Crippen LogP contribution in [0.25, 0.3) is 0 Å². The maximum atomic E-state index is 6.41. The molecule has 0 aliphatic heterocycles. The van der Waals surface area contributed by atoms with Gasteiger partial charge < -0.3 is 4.74 Å². The molecular weight excluding hydrogens is 439 g/mol. The molecule has 3 heteroatoms. The second-order valence-electron chi connectivity index (χ2n) is 7.34. The van der Waals surface area contributed by atoms with Crippen LogP contribution in [0.3, 0.4) is 0 Å². The third kappa shape index (κ3) is 4.68. The molecule has 1 nitrogen and oxygen atoms in total. The molecule has 0 bridgehead atoms. The van der Waals surface area contributed by atoms with E-state index in [1.807, 2.05) is 0 Å². The molecule has 0 N–H and O–H groups in total. The van der Waals surface area contributed by atoms with E-state index in [1.165, 1.54) is 31.2 Å². The van der Waals surface area contributed by atoms with E-state index in [-0.39, 0.29) is 5.60 Å². The maximum absolute atomic E-state index is 6.41. The minimum Gasteiger partial charge on any atom is -0.369 e. The summed E-state index contributed by atoms with van der Waals surface area (Å²) >= 11 is 6.12. The topological polar surface area (TPSA) is 9.23 Å². The summed E-state index contributed by atoms with van der Waals surface area (Å²) in [6.45, 7) is 7.83. The molecule has 0 saturated heterocycles. The number of halogens is 2. The first-order chi connectivity index (χ1) is 9.86. The van der Waals surface area contributed by atoms with E-state index in [1.54, 1.807) is 0 Å².